The number of anilines is 1. The van der Waals surface area contributed by atoms with E-state index in [2.05, 4.69) is 16.0 Å². The number of fused-ring (bicyclic) bond motifs is 1. The normalized spacial score (nSPS) is 15.6. The summed E-state index contributed by atoms with van der Waals surface area (Å²) in [4.78, 5) is 6.52. The standard InChI is InChI=1S/C13H14ClN3O/c14-10-3-1-2-9(6-10)7-17-5-4-12-11(8-17)16-13(15)18-12/h1-3,6H,4-5,7-8H2,(H2,15,16). The van der Waals surface area contributed by atoms with E-state index in [0.29, 0.717) is 0 Å². The molecule has 0 radical (unpaired) electrons. The molecule has 5 heteroatoms. The molecular formula is C13H14ClN3O. The molecule has 0 saturated carbocycles. The van der Waals surface area contributed by atoms with Gasteiger partial charge in [-0.3, -0.25) is 4.90 Å². The Kier molecular flexibility index (Phi) is 2.97. The number of benzene rings is 1. The van der Waals surface area contributed by atoms with Crippen LogP contribution in [0.1, 0.15) is 17.0 Å². The summed E-state index contributed by atoms with van der Waals surface area (Å²) in [5, 5.41) is 0.774. The molecule has 1 aromatic heterocycles. The Hall–Kier alpha value is -1.52. The molecule has 0 saturated heterocycles. The fraction of sp³-hybridized carbons (Fsp3) is 0.308. The van der Waals surface area contributed by atoms with Crippen molar-refractivity contribution in [1.29, 1.82) is 0 Å². The topological polar surface area (TPSA) is 55.3 Å². The Morgan fingerprint density at radius 3 is 3.17 bits per heavy atom. The van der Waals surface area contributed by atoms with Crippen molar-refractivity contribution in [3.05, 3.63) is 46.3 Å². The second kappa shape index (κ2) is 4.63. The molecule has 1 aliphatic heterocycles. The van der Waals surface area contributed by atoms with Crippen LogP contribution < -0.4 is 5.73 Å². The van der Waals surface area contributed by atoms with Gasteiger partial charge in [-0.25, -0.2) is 0 Å². The minimum Gasteiger partial charge on any atom is -0.429 e. The first kappa shape index (κ1) is 11.6. The van der Waals surface area contributed by atoms with Crippen LogP contribution >= 0.6 is 11.6 Å². The molecule has 1 aliphatic rings. The number of nitrogen functional groups attached to an aromatic ring is 1. The van der Waals surface area contributed by atoms with E-state index in [0.717, 1.165) is 42.5 Å². The van der Waals surface area contributed by atoms with Crippen LogP contribution in [-0.2, 0) is 19.5 Å². The largest absolute Gasteiger partial charge is 0.429 e. The van der Waals surface area contributed by atoms with Crippen LogP contribution in [0.3, 0.4) is 0 Å². The first-order valence-electron chi connectivity index (χ1n) is 5.91. The van der Waals surface area contributed by atoms with Crippen molar-refractivity contribution in [3.8, 4) is 0 Å². The minimum atomic E-state index is 0.268. The highest BCUT2D eigenvalue weighted by atomic mass is 35.5. The molecule has 2 aromatic rings. The molecule has 0 atom stereocenters. The Bertz CT molecular complexity index is 567. The van der Waals surface area contributed by atoms with Gasteiger partial charge in [-0.15, -0.1) is 0 Å². The van der Waals surface area contributed by atoms with Gasteiger partial charge >= 0.3 is 0 Å². The molecule has 0 unspecified atom stereocenters. The Morgan fingerprint density at radius 2 is 2.33 bits per heavy atom. The van der Waals surface area contributed by atoms with Crippen LogP contribution in [0.15, 0.2) is 28.7 Å². The molecule has 0 amide bonds. The Labute approximate surface area is 110 Å². The summed E-state index contributed by atoms with van der Waals surface area (Å²) in [6.45, 7) is 2.60. The highest BCUT2D eigenvalue weighted by molar-refractivity contribution is 6.30. The molecule has 0 bridgehead atoms. The van der Waals surface area contributed by atoms with Crippen molar-refractivity contribution < 1.29 is 4.42 Å². The summed E-state index contributed by atoms with van der Waals surface area (Å²) in [5.74, 6) is 0.926. The number of hydrogen-bond donors (Lipinski definition) is 1. The first-order valence-corrected chi connectivity index (χ1v) is 6.29. The van der Waals surface area contributed by atoms with E-state index in [9.17, 15) is 0 Å². The van der Waals surface area contributed by atoms with E-state index < -0.39 is 0 Å². The van der Waals surface area contributed by atoms with Crippen LogP contribution in [0.25, 0.3) is 0 Å². The average Bonchev–Trinajstić information content (AvgIpc) is 2.68. The molecule has 3 rings (SSSR count). The summed E-state index contributed by atoms with van der Waals surface area (Å²) in [7, 11) is 0. The lowest BCUT2D eigenvalue weighted by Gasteiger charge is -2.25. The molecular weight excluding hydrogens is 250 g/mol. The van der Waals surface area contributed by atoms with Gasteiger partial charge in [0.1, 0.15) is 5.76 Å². The zero-order valence-corrected chi connectivity index (χ0v) is 10.7. The van der Waals surface area contributed by atoms with Crippen LogP contribution in [-0.4, -0.2) is 16.4 Å². The molecule has 0 fully saturated rings. The summed E-state index contributed by atoms with van der Waals surface area (Å²) >= 11 is 5.98. The van der Waals surface area contributed by atoms with Gasteiger partial charge in [0.05, 0.1) is 5.69 Å². The van der Waals surface area contributed by atoms with Crippen LogP contribution in [0.2, 0.25) is 5.02 Å². The van der Waals surface area contributed by atoms with Crippen molar-refractivity contribution in [2.75, 3.05) is 12.3 Å². The SMILES string of the molecule is Nc1nc2c(o1)CCN(Cc1cccc(Cl)c1)C2. The third-order valence-corrected chi connectivity index (χ3v) is 3.35. The van der Waals surface area contributed by atoms with Gasteiger partial charge in [-0.1, -0.05) is 23.7 Å². The number of nitrogens with zero attached hydrogens (tertiary/aromatic N) is 2. The minimum absolute atomic E-state index is 0.268. The van der Waals surface area contributed by atoms with Crippen molar-refractivity contribution in [2.45, 2.75) is 19.5 Å². The third-order valence-electron chi connectivity index (χ3n) is 3.12. The van der Waals surface area contributed by atoms with Gasteiger partial charge in [0.15, 0.2) is 0 Å². The van der Waals surface area contributed by atoms with E-state index in [1.165, 1.54) is 5.56 Å². The Balaban J connectivity index is 1.73. The second-order valence-electron chi connectivity index (χ2n) is 4.51. The highest BCUT2D eigenvalue weighted by Gasteiger charge is 2.21. The predicted molar refractivity (Wildman–Crippen MR) is 70.2 cm³/mol. The van der Waals surface area contributed by atoms with E-state index in [1.54, 1.807) is 0 Å². The Morgan fingerprint density at radius 1 is 1.44 bits per heavy atom. The van der Waals surface area contributed by atoms with Crippen molar-refractivity contribution in [2.24, 2.45) is 0 Å². The van der Waals surface area contributed by atoms with Gasteiger partial charge in [-0.05, 0) is 17.7 Å². The van der Waals surface area contributed by atoms with Gasteiger partial charge in [0.2, 0.25) is 0 Å². The molecule has 2 N–H and O–H groups in total. The molecule has 1 aromatic carbocycles. The fourth-order valence-corrected chi connectivity index (χ4v) is 2.51. The number of oxazole rings is 1. The smallest absolute Gasteiger partial charge is 0.292 e. The molecule has 0 aliphatic carbocycles. The van der Waals surface area contributed by atoms with E-state index >= 15 is 0 Å². The van der Waals surface area contributed by atoms with E-state index in [1.807, 2.05) is 18.2 Å². The van der Waals surface area contributed by atoms with Crippen LogP contribution in [0.4, 0.5) is 6.01 Å². The number of aromatic nitrogens is 1. The van der Waals surface area contributed by atoms with Gasteiger partial charge < -0.3 is 10.2 Å². The maximum absolute atomic E-state index is 5.98. The molecule has 94 valence electrons. The highest BCUT2D eigenvalue weighted by Crippen LogP contribution is 2.22. The van der Waals surface area contributed by atoms with Crippen molar-refractivity contribution in [1.82, 2.24) is 9.88 Å². The van der Waals surface area contributed by atoms with Crippen LogP contribution in [0, 0.1) is 0 Å². The summed E-state index contributed by atoms with van der Waals surface area (Å²) in [5.41, 5.74) is 7.73. The number of nitrogens with two attached hydrogens (primary N) is 1. The van der Waals surface area contributed by atoms with Crippen molar-refractivity contribution >= 4 is 17.6 Å². The summed E-state index contributed by atoms with van der Waals surface area (Å²) in [6.07, 6.45) is 0.861. The molecule has 18 heavy (non-hydrogen) atoms. The van der Waals surface area contributed by atoms with Gasteiger partial charge in [0.25, 0.3) is 6.01 Å². The average molecular weight is 264 g/mol. The maximum Gasteiger partial charge on any atom is 0.292 e. The number of halogens is 1. The van der Waals surface area contributed by atoms with Crippen molar-refractivity contribution in [3.63, 3.8) is 0 Å². The monoisotopic (exact) mass is 263 g/mol. The summed E-state index contributed by atoms with van der Waals surface area (Å²) < 4.78 is 5.34. The zero-order valence-electron chi connectivity index (χ0n) is 9.90. The molecule has 4 nitrogen and oxygen atoms in total. The van der Waals surface area contributed by atoms with E-state index in [-0.39, 0.29) is 6.01 Å². The van der Waals surface area contributed by atoms with Crippen LogP contribution in [0.5, 0.6) is 0 Å². The number of hydrogen-bond acceptors (Lipinski definition) is 4. The zero-order chi connectivity index (χ0) is 12.5. The third kappa shape index (κ3) is 2.35. The molecule has 0 spiro atoms. The number of rotatable bonds is 2. The first-order chi connectivity index (χ1) is 8.70. The van der Waals surface area contributed by atoms with Gasteiger partial charge in [0, 0.05) is 31.1 Å². The lowest BCUT2D eigenvalue weighted by atomic mass is 10.1. The maximum atomic E-state index is 5.98. The fourth-order valence-electron chi connectivity index (χ4n) is 2.30. The lowest BCUT2D eigenvalue weighted by Crippen LogP contribution is -2.29. The molecule has 2 heterocycles. The second-order valence-corrected chi connectivity index (χ2v) is 4.95. The lowest BCUT2D eigenvalue weighted by molar-refractivity contribution is 0.232. The predicted octanol–water partition coefficient (Wildman–Crippen LogP) is 2.47. The van der Waals surface area contributed by atoms with Gasteiger partial charge in [-0.2, -0.15) is 4.98 Å². The summed E-state index contributed by atoms with van der Waals surface area (Å²) in [6, 6.07) is 8.20. The van der Waals surface area contributed by atoms with E-state index in [4.69, 9.17) is 21.8 Å². The quantitative estimate of drug-likeness (QED) is 0.904.